The second-order valence-electron chi connectivity index (χ2n) is 6.30. The Bertz CT molecular complexity index is 827. The van der Waals surface area contributed by atoms with E-state index in [1.165, 1.54) is 0 Å². The van der Waals surface area contributed by atoms with Crippen LogP contribution in [0.1, 0.15) is 18.4 Å². The van der Waals surface area contributed by atoms with Crippen molar-refractivity contribution in [3.05, 3.63) is 60.2 Å². The van der Waals surface area contributed by atoms with E-state index in [0.29, 0.717) is 18.8 Å². The summed E-state index contributed by atoms with van der Waals surface area (Å²) in [7, 11) is 0. The number of hydrogen-bond donors (Lipinski definition) is 2. The van der Waals surface area contributed by atoms with Crippen molar-refractivity contribution >= 4 is 23.3 Å². The van der Waals surface area contributed by atoms with Crippen LogP contribution in [0.2, 0.25) is 0 Å². The summed E-state index contributed by atoms with van der Waals surface area (Å²) >= 11 is 0. The molecule has 1 unspecified atom stereocenters. The van der Waals surface area contributed by atoms with E-state index in [4.69, 9.17) is 6.42 Å². The molecule has 0 aromatic heterocycles. The molecule has 0 radical (unpaired) electrons. The topological polar surface area (TPSA) is 61.4 Å². The number of anilines is 2. The first-order valence-corrected chi connectivity index (χ1v) is 8.64. The van der Waals surface area contributed by atoms with Gasteiger partial charge >= 0.3 is 6.03 Å². The fourth-order valence-electron chi connectivity index (χ4n) is 3.03. The summed E-state index contributed by atoms with van der Waals surface area (Å²) in [5, 5.41) is 5.77. The molecular weight excluding hydrogens is 326 g/mol. The van der Waals surface area contributed by atoms with Crippen molar-refractivity contribution in [2.75, 3.05) is 23.7 Å². The molecule has 132 valence electrons. The zero-order valence-corrected chi connectivity index (χ0v) is 14.4. The maximum absolute atomic E-state index is 12.6. The highest BCUT2D eigenvalue weighted by Crippen LogP contribution is 2.20. The number of benzene rings is 2. The lowest BCUT2D eigenvalue weighted by Gasteiger charge is -2.32. The Hall–Kier alpha value is -3.26. The molecule has 26 heavy (non-hydrogen) atoms. The van der Waals surface area contributed by atoms with E-state index in [1.807, 2.05) is 42.5 Å². The van der Waals surface area contributed by atoms with Crippen LogP contribution >= 0.6 is 0 Å². The van der Waals surface area contributed by atoms with Crippen LogP contribution in [-0.4, -0.2) is 29.9 Å². The summed E-state index contributed by atoms with van der Waals surface area (Å²) in [5.74, 6) is 2.23. The smallest absolute Gasteiger partial charge is 0.321 e. The summed E-state index contributed by atoms with van der Waals surface area (Å²) in [6, 6.07) is 16.3. The van der Waals surface area contributed by atoms with E-state index in [-0.39, 0.29) is 17.9 Å². The van der Waals surface area contributed by atoms with Crippen molar-refractivity contribution in [1.82, 2.24) is 4.90 Å². The van der Waals surface area contributed by atoms with Crippen LogP contribution in [0.15, 0.2) is 54.6 Å². The minimum Gasteiger partial charge on any atom is -0.326 e. The van der Waals surface area contributed by atoms with Crippen LogP contribution < -0.4 is 10.6 Å². The fourth-order valence-corrected chi connectivity index (χ4v) is 3.03. The number of terminal acetylenes is 1. The summed E-state index contributed by atoms with van der Waals surface area (Å²) in [6.45, 7) is 1.05. The Labute approximate surface area is 153 Å². The van der Waals surface area contributed by atoms with Gasteiger partial charge in [0.2, 0.25) is 5.91 Å². The second kappa shape index (κ2) is 8.21. The summed E-state index contributed by atoms with van der Waals surface area (Å²) in [4.78, 5) is 26.7. The summed E-state index contributed by atoms with van der Waals surface area (Å²) < 4.78 is 0. The first-order valence-electron chi connectivity index (χ1n) is 8.64. The number of urea groups is 1. The Balaban J connectivity index is 1.59. The van der Waals surface area contributed by atoms with Gasteiger partial charge in [0.05, 0.1) is 5.92 Å². The number of piperidine rings is 1. The lowest BCUT2D eigenvalue weighted by atomic mass is 9.97. The molecule has 5 nitrogen and oxygen atoms in total. The van der Waals surface area contributed by atoms with Crippen LogP contribution in [0, 0.1) is 18.3 Å². The Morgan fingerprint density at radius 3 is 2.58 bits per heavy atom. The molecule has 2 aromatic carbocycles. The SMILES string of the molecule is C#Cc1cccc(NC(=O)C2CCCN(C(=O)Nc3ccccc3)C2)c1. The van der Waals surface area contributed by atoms with E-state index in [9.17, 15) is 9.59 Å². The number of hydrogen-bond acceptors (Lipinski definition) is 2. The first kappa shape index (κ1) is 17.6. The maximum atomic E-state index is 12.6. The molecule has 1 saturated heterocycles. The number of carbonyl (C=O) groups is 2. The Kier molecular flexibility index (Phi) is 5.55. The van der Waals surface area contributed by atoms with Gasteiger partial charge in [-0.2, -0.15) is 0 Å². The van der Waals surface area contributed by atoms with Crippen molar-refractivity contribution in [2.24, 2.45) is 5.92 Å². The standard InChI is InChI=1S/C21H21N3O2/c1-2-16-8-6-12-19(14-16)22-20(25)17-9-7-13-24(15-17)21(26)23-18-10-4-3-5-11-18/h1,3-6,8,10-12,14,17H,7,9,13,15H2,(H,22,25)(H,23,26). The molecule has 2 aromatic rings. The minimum absolute atomic E-state index is 0.0867. The minimum atomic E-state index is -0.236. The third kappa shape index (κ3) is 4.42. The number of para-hydroxylation sites is 1. The molecule has 1 fully saturated rings. The molecule has 0 aliphatic carbocycles. The molecule has 0 saturated carbocycles. The van der Waals surface area contributed by atoms with Crippen molar-refractivity contribution in [1.29, 1.82) is 0 Å². The quantitative estimate of drug-likeness (QED) is 0.834. The average molecular weight is 347 g/mol. The van der Waals surface area contributed by atoms with E-state index >= 15 is 0 Å². The molecule has 1 aliphatic rings. The Morgan fingerprint density at radius 1 is 1.04 bits per heavy atom. The lowest BCUT2D eigenvalue weighted by Crippen LogP contribution is -2.45. The number of rotatable bonds is 3. The molecule has 1 heterocycles. The largest absolute Gasteiger partial charge is 0.326 e. The van der Waals surface area contributed by atoms with E-state index in [2.05, 4.69) is 16.6 Å². The lowest BCUT2D eigenvalue weighted by molar-refractivity contribution is -0.121. The number of nitrogens with one attached hydrogen (secondary N) is 2. The zero-order chi connectivity index (χ0) is 18.4. The number of amides is 3. The third-order valence-electron chi connectivity index (χ3n) is 4.40. The van der Waals surface area contributed by atoms with Gasteiger partial charge in [-0.1, -0.05) is 30.2 Å². The number of nitrogens with zero attached hydrogens (tertiary/aromatic N) is 1. The normalized spacial score (nSPS) is 16.4. The monoisotopic (exact) mass is 347 g/mol. The fraction of sp³-hybridized carbons (Fsp3) is 0.238. The molecule has 0 bridgehead atoms. The summed E-state index contributed by atoms with van der Waals surface area (Å²) in [6.07, 6.45) is 6.95. The number of carbonyl (C=O) groups excluding carboxylic acids is 2. The maximum Gasteiger partial charge on any atom is 0.321 e. The van der Waals surface area contributed by atoms with E-state index in [0.717, 1.165) is 24.1 Å². The van der Waals surface area contributed by atoms with Crippen molar-refractivity contribution in [3.63, 3.8) is 0 Å². The highest BCUT2D eigenvalue weighted by Gasteiger charge is 2.28. The molecule has 3 rings (SSSR count). The van der Waals surface area contributed by atoms with Crippen LogP contribution in [-0.2, 0) is 4.79 Å². The van der Waals surface area contributed by atoms with E-state index in [1.54, 1.807) is 17.0 Å². The van der Waals surface area contributed by atoms with Crippen molar-refractivity contribution < 1.29 is 9.59 Å². The molecule has 2 N–H and O–H groups in total. The first-order chi connectivity index (χ1) is 12.7. The van der Waals surface area contributed by atoms with Gasteiger partial charge in [0.15, 0.2) is 0 Å². The van der Waals surface area contributed by atoms with Crippen LogP contribution in [0.5, 0.6) is 0 Å². The molecule has 5 heteroatoms. The van der Waals surface area contributed by atoms with Gasteiger partial charge < -0.3 is 15.5 Å². The molecular formula is C21H21N3O2. The second-order valence-corrected chi connectivity index (χ2v) is 6.30. The highest BCUT2D eigenvalue weighted by molar-refractivity contribution is 5.94. The third-order valence-corrected chi connectivity index (χ3v) is 4.40. The predicted molar refractivity (Wildman–Crippen MR) is 103 cm³/mol. The zero-order valence-electron chi connectivity index (χ0n) is 14.4. The molecule has 1 atom stereocenters. The van der Waals surface area contributed by atoms with Crippen molar-refractivity contribution in [2.45, 2.75) is 12.8 Å². The predicted octanol–water partition coefficient (Wildman–Crippen LogP) is 3.55. The average Bonchev–Trinajstić information content (AvgIpc) is 2.69. The van der Waals surface area contributed by atoms with Gasteiger partial charge in [0.1, 0.15) is 0 Å². The van der Waals surface area contributed by atoms with Crippen LogP contribution in [0.25, 0.3) is 0 Å². The Morgan fingerprint density at radius 2 is 1.81 bits per heavy atom. The van der Waals surface area contributed by atoms with Gasteiger partial charge in [-0.25, -0.2) is 4.79 Å². The summed E-state index contributed by atoms with van der Waals surface area (Å²) in [5.41, 5.74) is 2.14. The van der Waals surface area contributed by atoms with Gasteiger partial charge in [-0.15, -0.1) is 6.42 Å². The molecule has 1 aliphatic heterocycles. The van der Waals surface area contributed by atoms with Crippen molar-refractivity contribution in [3.8, 4) is 12.3 Å². The van der Waals surface area contributed by atoms with Crippen LogP contribution in [0.4, 0.5) is 16.2 Å². The number of likely N-dealkylation sites (tertiary alicyclic amines) is 1. The van der Waals surface area contributed by atoms with Gasteiger partial charge in [-0.3, -0.25) is 4.79 Å². The van der Waals surface area contributed by atoms with Gasteiger partial charge in [0, 0.05) is 30.0 Å². The van der Waals surface area contributed by atoms with Gasteiger partial charge in [-0.05, 0) is 43.2 Å². The van der Waals surface area contributed by atoms with E-state index < -0.39 is 0 Å². The highest BCUT2D eigenvalue weighted by atomic mass is 16.2. The molecule has 0 spiro atoms. The van der Waals surface area contributed by atoms with Crippen LogP contribution in [0.3, 0.4) is 0 Å². The van der Waals surface area contributed by atoms with Gasteiger partial charge in [0.25, 0.3) is 0 Å². The molecule has 3 amide bonds.